The third-order valence-corrected chi connectivity index (χ3v) is 8.87. The summed E-state index contributed by atoms with van der Waals surface area (Å²) < 4.78 is 37.2. The second-order valence-electron chi connectivity index (χ2n) is 9.33. The van der Waals surface area contributed by atoms with Crippen LogP contribution in [-0.4, -0.2) is 98.0 Å². The van der Waals surface area contributed by atoms with Crippen LogP contribution >= 0.6 is 0 Å². The topological polar surface area (TPSA) is 149 Å². The van der Waals surface area contributed by atoms with Gasteiger partial charge in [0.05, 0.1) is 24.1 Å². The molecule has 1 saturated heterocycles. The van der Waals surface area contributed by atoms with Gasteiger partial charge in [-0.2, -0.15) is 9.40 Å². The first-order valence-corrected chi connectivity index (χ1v) is 14.6. The average molecular weight is 569 g/mol. The molecule has 40 heavy (non-hydrogen) atoms. The van der Waals surface area contributed by atoms with Crippen molar-refractivity contribution >= 4 is 21.1 Å². The van der Waals surface area contributed by atoms with Gasteiger partial charge in [0, 0.05) is 39.4 Å². The molecule has 1 aliphatic heterocycles. The van der Waals surface area contributed by atoms with E-state index in [9.17, 15) is 18.3 Å². The summed E-state index contributed by atoms with van der Waals surface area (Å²) in [6, 6.07) is 6.84. The Morgan fingerprint density at radius 1 is 1.07 bits per heavy atom. The number of nitrogens with zero attached hydrogens (tertiary/aromatic N) is 8. The van der Waals surface area contributed by atoms with Gasteiger partial charge in [0.1, 0.15) is 22.8 Å². The zero-order valence-electron chi connectivity index (χ0n) is 22.7. The number of hydrogen-bond donors (Lipinski definition) is 1. The van der Waals surface area contributed by atoms with Crippen LogP contribution in [0.25, 0.3) is 28.2 Å². The van der Waals surface area contributed by atoms with Gasteiger partial charge < -0.3 is 14.7 Å². The summed E-state index contributed by atoms with van der Waals surface area (Å²) in [6.45, 7) is 6.49. The molecule has 0 radical (unpaired) electrons. The molecule has 14 heteroatoms. The fraction of sp³-hybridized carbons (Fsp3) is 0.423. The van der Waals surface area contributed by atoms with Crippen molar-refractivity contribution in [3.8, 4) is 23.1 Å². The lowest BCUT2D eigenvalue weighted by molar-refractivity contribution is 0.195. The lowest BCUT2D eigenvalue weighted by atomic mass is 10.2. The first kappa shape index (κ1) is 27.8. The highest BCUT2D eigenvalue weighted by molar-refractivity contribution is 7.89. The van der Waals surface area contributed by atoms with Crippen LogP contribution in [-0.2, 0) is 23.5 Å². The van der Waals surface area contributed by atoms with Crippen molar-refractivity contribution in [1.82, 2.24) is 38.5 Å². The fourth-order valence-electron chi connectivity index (χ4n) is 4.80. The minimum Gasteiger partial charge on any atom is -0.475 e. The molecule has 1 N–H and O–H groups in total. The van der Waals surface area contributed by atoms with Gasteiger partial charge in [-0.3, -0.25) is 9.36 Å². The van der Waals surface area contributed by atoms with Crippen molar-refractivity contribution in [2.45, 2.75) is 25.2 Å². The molecule has 1 fully saturated rings. The molecule has 0 atom stereocenters. The van der Waals surface area contributed by atoms with E-state index in [0.29, 0.717) is 49.6 Å². The van der Waals surface area contributed by atoms with Crippen LogP contribution in [0.15, 0.2) is 46.3 Å². The van der Waals surface area contributed by atoms with E-state index < -0.39 is 15.6 Å². The van der Waals surface area contributed by atoms with Gasteiger partial charge in [0.15, 0.2) is 11.3 Å². The molecule has 0 spiro atoms. The molecule has 5 rings (SSSR count). The van der Waals surface area contributed by atoms with E-state index in [0.717, 1.165) is 6.54 Å². The van der Waals surface area contributed by atoms with Crippen LogP contribution < -0.4 is 10.3 Å². The van der Waals surface area contributed by atoms with Crippen molar-refractivity contribution in [3.63, 3.8) is 0 Å². The Kier molecular flexibility index (Phi) is 7.94. The van der Waals surface area contributed by atoms with Gasteiger partial charge >= 0.3 is 0 Å². The number of aliphatic hydroxyl groups is 1. The highest BCUT2D eigenvalue weighted by Gasteiger charge is 2.30. The molecule has 4 aromatic rings. The number of ether oxygens (including phenoxy) is 1. The van der Waals surface area contributed by atoms with Crippen LogP contribution in [0.3, 0.4) is 0 Å². The molecular formula is C26H32N8O5S. The molecular weight excluding hydrogens is 536 g/mol. The normalized spacial score (nSPS) is 15.1. The summed E-state index contributed by atoms with van der Waals surface area (Å²) in [5.74, 6) is 0.771. The number of likely N-dealkylation sites (N-methyl/N-ethyl adjacent to an activating group) is 1. The van der Waals surface area contributed by atoms with Crippen molar-refractivity contribution in [2.75, 3.05) is 45.9 Å². The summed E-state index contributed by atoms with van der Waals surface area (Å²) in [5.41, 5.74) is 1.02. The predicted molar refractivity (Wildman–Crippen MR) is 148 cm³/mol. The summed E-state index contributed by atoms with van der Waals surface area (Å²) in [4.78, 5) is 29.2. The van der Waals surface area contributed by atoms with Gasteiger partial charge in [-0.25, -0.2) is 28.1 Å². The summed E-state index contributed by atoms with van der Waals surface area (Å²) in [7, 11) is -2.33. The Bertz CT molecular complexity index is 1680. The van der Waals surface area contributed by atoms with Gasteiger partial charge in [0.2, 0.25) is 15.9 Å². The van der Waals surface area contributed by atoms with Crippen LogP contribution in [0.5, 0.6) is 5.88 Å². The first-order valence-electron chi connectivity index (χ1n) is 13.2. The number of piperazine rings is 1. The minimum atomic E-state index is -3.87. The van der Waals surface area contributed by atoms with Crippen LogP contribution in [0.1, 0.15) is 19.5 Å². The maximum Gasteiger partial charge on any atom is 0.281 e. The Hall–Kier alpha value is -3.72. The molecule has 0 amide bonds. The Labute approximate surface area is 231 Å². The van der Waals surface area contributed by atoms with E-state index in [1.165, 1.54) is 28.2 Å². The molecule has 4 aromatic heterocycles. The second kappa shape index (κ2) is 11.4. The summed E-state index contributed by atoms with van der Waals surface area (Å²) in [5, 5.41) is 13.9. The SMILES string of the molecule is CCc1c2nc(-c3cc(S(=O)(=O)N4CCN(CC)CC4)cnc3OCCO)n(C)c(=O)c2nn1-c1ccccn1. The van der Waals surface area contributed by atoms with Crippen molar-refractivity contribution in [1.29, 1.82) is 0 Å². The third kappa shape index (κ3) is 4.98. The van der Waals surface area contributed by atoms with Crippen LogP contribution in [0.2, 0.25) is 0 Å². The first-order chi connectivity index (χ1) is 19.3. The number of aromatic nitrogens is 6. The van der Waals surface area contributed by atoms with Gasteiger partial charge in [-0.1, -0.05) is 19.9 Å². The molecule has 0 saturated carbocycles. The van der Waals surface area contributed by atoms with E-state index in [2.05, 4.69) is 20.0 Å². The predicted octanol–water partition coefficient (Wildman–Crippen LogP) is 0.836. The van der Waals surface area contributed by atoms with Crippen molar-refractivity contribution in [2.24, 2.45) is 7.05 Å². The molecule has 1 aliphatic rings. The highest BCUT2D eigenvalue weighted by Crippen LogP contribution is 2.31. The summed E-state index contributed by atoms with van der Waals surface area (Å²) >= 11 is 0. The van der Waals surface area contributed by atoms with Gasteiger partial charge in [-0.05, 0) is 31.2 Å². The number of rotatable bonds is 9. The highest BCUT2D eigenvalue weighted by atomic mass is 32.2. The lowest BCUT2D eigenvalue weighted by Gasteiger charge is -2.33. The Morgan fingerprint density at radius 2 is 1.85 bits per heavy atom. The molecule has 13 nitrogen and oxygen atoms in total. The van der Waals surface area contributed by atoms with Crippen molar-refractivity contribution in [3.05, 3.63) is 52.7 Å². The Morgan fingerprint density at radius 3 is 2.50 bits per heavy atom. The largest absolute Gasteiger partial charge is 0.475 e. The smallest absolute Gasteiger partial charge is 0.281 e. The number of sulfonamides is 1. The maximum absolute atomic E-state index is 13.6. The van der Waals surface area contributed by atoms with E-state index in [-0.39, 0.29) is 40.9 Å². The van der Waals surface area contributed by atoms with Gasteiger partial charge in [-0.15, -0.1) is 0 Å². The number of fused-ring (bicyclic) bond motifs is 1. The van der Waals surface area contributed by atoms with Gasteiger partial charge in [0.25, 0.3) is 5.56 Å². The number of aliphatic hydroxyl groups excluding tert-OH is 1. The number of hydrogen-bond acceptors (Lipinski definition) is 10. The Balaban J connectivity index is 1.67. The van der Waals surface area contributed by atoms with E-state index in [1.807, 2.05) is 19.9 Å². The van der Waals surface area contributed by atoms with Crippen LogP contribution in [0.4, 0.5) is 0 Å². The average Bonchev–Trinajstić information content (AvgIpc) is 3.37. The monoisotopic (exact) mass is 568 g/mol. The summed E-state index contributed by atoms with van der Waals surface area (Å²) in [6.07, 6.45) is 3.39. The van der Waals surface area contributed by atoms with E-state index in [1.54, 1.807) is 23.0 Å². The molecule has 5 heterocycles. The molecule has 0 aliphatic carbocycles. The zero-order valence-corrected chi connectivity index (χ0v) is 23.5. The van der Waals surface area contributed by atoms with E-state index in [4.69, 9.17) is 9.72 Å². The fourth-order valence-corrected chi connectivity index (χ4v) is 6.19. The molecule has 0 bridgehead atoms. The third-order valence-electron chi connectivity index (χ3n) is 7.01. The number of pyridine rings is 2. The lowest BCUT2D eigenvalue weighted by Crippen LogP contribution is -2.48. The zero-order chi connectivity index (χ0) is 28.4. The minimum absolute atomic E-state index is 0.0296. The quantitative estimate of drug-likeness (QED) is 0.308. The maximum atomic E-state index is 13.6. The molecule has 0 aromatic carbocycles. The van der Waals surface area contributed by atoms with Crippen molar-refractivity contribution < 1.29 is 18.3 Å². The molecule has 0 unspecified atom stereocenters. The number of aryl methyl sites for hydroxylation is 1. The van der Waals surface area contributed by atoms with Crippen LogP contribution in [0, 0.1) is 0 Å². The molecule has 212 valence electrons. The second-order valence-corrected chi connectivity index (χ2v) is 11.3. The standard InChI is InChI=1S/C26H32N8O5S/c1-4-20-22-23(30-34(20)21-8-6-7-9-27-21)26(36)31(3)24(29-22)19-16-18(17-28-25(19)39-15-14-35)40(37,38)33-12-10-32(5-2)11-13-33/h6-9,16-17,35H,4-5,10-15H2,1-3H3. The van der Waals surface area contributed by atoms with E-state index >= 15 is 0 Å².